The van der Waals surface area contributed by atoms with Crippen molar-refractivity contribution in [1.29, 1.82) is 0 Å². The number of carbonyl (C=O) groups is 2. The number of non-ortho nitro benzene ring substituents is 1. The summed E-state index contributed by atoms with van der Waals surface area (Å²) in [4.78, 5) is 37.3. The number of ketones is 1. The molecule has 1 heterocycles. The van der Waals surface area contributed by atoms with Gasteiger partial charge < -0.3 is 4.74 Å². The first-order valence-electron chi connectivity index (χ1n) is 10.4. The van der Waals surface area contributed by atoms with E-state index in [1.54, 1.807) is 54.6 Å². The fourth-order valence-electron chi connectivity index (χ4n) is 4.05. The third kappa shape index (κ3) is 4.06. The minimum absolute atomic E-state index is 0.0607. The number of methoxy groups -OCH3 is 1. The molecule has 3 aromatic rings. The lowest BCUT2D eigenvalue weighted by Crippen LogP contribution is -2.46. The molecular weight excluding hydrogens is 420 g/mol. The number of Topliss-reactive ketones (excluding diaryl/α,β-unsaturated/α-hetero) is 1. The van der Waals surface area contributed by atoms with Crippen LogP contribution in [-0.4, -0.2) is 23.8 Å². The summed E-state index contributed by atoms with van der Waals surface area (Å²) in [6.07, 6.45) is 1.61. The number of nitrogens with zero attached hydrogens (tertiary/aromatic N) is 1. The van der Waals surface area contributed by atoms with Crippen LogP contribution >= 0.6 is 0 Å². The molecule has 0 unspecified atom stereocenters. The van der Waals surface area contributed by atoms with Crippen molar-refractivity contribution in [2.24, 2.45) is 0 Å². The van der Waals surface area contributed by atoms with Gasteiger partial charge in [0.05, 0.1) is 18.1 Å². The van der Waals surface area contributed by atoms with Crippen LogP contribution in [0, 0.1) is 17.0 Å². The molecule has 4 rings (SSSR count). The summed E-state index contributed by atoms with van der Waals surface area (Å²) >= 11 is 0. The lowest BCUT2D eigenvalue weighted by Gasteiger charge is -2.28. The highest BCUT2D eigenvalue weighted by molar-refractivity contribution is 6.11. The molecule has 0 aromatic heterocycles. The predicted molar refractivity (Wildman–Crippen MR) is 123 cm³/mol. The van der Waals surface area contributed by atoms with Crippen molar-refractivity contribution in [1.82, 2.24) is 5.32 Å². The van der Waals surface area contributed by atoms with Crippen LogP contribution in [0.3, 0.4) is 0 Å². The number of carbonyl (C=O) groups excluding carboxylic acids is 2. The summed E-state index contributed by atoms with van der Waals surface area (Å²) in [6.45, 7) is 1.93. The van der Waals surface area contributed by atoms with Crippen molar-refractivity contribution in [3.8, 4) is 0 Å². The van der Waals surface area contributed by atoms with Crippen LogP contribution in [0.15, 0.2) is 90.5 Å². The van der Waals surface area contributed by atoms with Gasteiger partial charge in [-0.2, -0.15) is 0 Å². The third-order valence-corrected chi connectivity index (χ3v) is 5.80. The largest absolute Gasteiger partial charge is 0.467 e. The molecule has 33 heavy (non-hydrogen) atoms. The minimum atomic E-state index is -1.39. The van der Waals surface area contributed by atoms with Crippen molar-refractivity contribution < 1.29 is 19.2 Å². The Balaban J connectivity index is 1.87. The van der Waals surface area contributed by atoms with Gasteiger partial charge >= 0.3 is 5.97 Å². The number of benzene rings is 3. The molecule has 0 saturated heterocycles. The van der Waals surface area contributed by atoms with E-state index in [0.29, 0.717) is 22.3 Å². The highest BCUT2D eigenvalue weighted by Gasteiger charge is 2.48. The fraction of sp³-hybridized carbons (Fsp3) is 0.154. The summed E-state index contributed by atoms with van der Waals surface area (Å²) < 4.78 is 5.13. The number of esters is 1. The maximum absolute atomic E-state index is 13.6. The van der Waals surface area contributed by atoms with Crippen LogP contribution in [0.4, 0.5) is 5.69 Å². The third-order valence-electron chi connectivity index (χ3n) is 5.80. The molecule has 0 fully saturated rings. The van der Waals surface area contributed by atoms with Crippen LogP contribution in [-0.2, 0) is 15.1 Å². The van der Waals surface area contributed by atoms with Crippen molar-refractivity contribution in [2.45, 2.75) is 18.5 Å². The summed E-state index contributed by atoms with van der Waals surface area (Å²) in [5, 5.41) is 14.4. The molecule has 7 nitrogen and oxygen atoms in total. The van der Waals surface area contributed by atoms with Crippen molar-refractivity contribution in [3.05, 3.63) is 123 Å². The Morgan fingerprint density at radius 2 is 1.61 bits per heavy atom. The van der Waals surface area contributed by atoms with Gasteiger partial charge in [-0.05, 0) is 24.1 Å². The maximum Gasteiger partial charge on any atom is 0.334 e. The topological polar surface area (TPSA) is 98.5 Å². The van der Waals surface area contributed by atoms with Crippen LogP contribution in [0.25, 0.3) is 0 Å². The Labute approximate surface area is 190 Å². The van der Waals surface area contributed by atoms with E-state index in [4.69, 9.17) is 4.74 Å². The lowest BCUT2D eigenvalue weighted by molar-refractivity contribution is -0.384. The van der Waals surface area contributed by atoms with Crippen LogP contribution < -0.4 is 5.32 Å². The van der Waals surface area contributed by atoms with Gasteiger partial charge in [0, 0.05) is 23.3 Å². The first-order chi connectivity index (χ1) is 15.9. The zero-order chi connectivity index (χ0) is 23.6. The van der Waals surface area contributed by atoms with Gasteiger partial charge in [-0.1, -0.05) is 72.3 Å². The smallest absolute Gasteiger partial charge is 0.334 e. The van der Waals surface area contributed by atoms with E-state index in [1.807, 2.05) is 25.1 Å². The van der Waals surface area contributed by atoms with E-state index in [0.717, 1.165) is 5.56 Å². The molecule has 1 N–H and O–H groups in total. The number of hydrogen-bond donors (Lipinski definition) is 1. The molecule has 0 aliphatic carbocycles. The molecule has 166 valence electrons. The molecule has 0 radical (unpaired) electrons. The van der Waals surface area contributed by atoms with Crippen molar-refractivity contribution >= 4 is 17.4 Å². The standard InChI is InChI=1S/C26H22N2O5/c1-17-8-10-19(11-9-17)24(29)22-16-26(25(30)33-2,20-6-4-3-5-7-20)27-23(22)18-12-14-21(15-13-18)28(31)32/h3-16,23,27H,1-2H3/t23-,26-/m0/s1. The van der Waals surface area contributed by atoms with E-state index in [1.165, 1.54) is 19.2 Å². The zero-order valence-electron chi connectivity index (χ0n) is 18.1. The van der Waals surface area contributed by atoms with Gasteiger partial charge in [0.15, 0.2) is 11.3 Å². The van der Waals surface area contributed by atoms with Crippen LogP contribution in [0.2, 0.25) is 0 Å². The molecule has 3 aromatic carbocycles. The molecule has 1 aliphatic rings. The second kappa shape index (κ2) is 8.80. The Hall–Kier alpha value is -4.10. The number of aryl methyl sites for hydroxylation is 1. The minimum Gasteiger partial charge on any atom is -0.467 e. The van der Waals surface area contributed by atoms with Gasteiger partial charge in [-0.15, -0.1) is 0 Å². The average Bonchev–Trinajstić information content (AvgIpc) is 3.26. The normalized spacial score (nSPS) is 19.6. The quantitative estimate of drug-likeness (QED) is 0.263. The SMILES string of the molecule is COC(=O)[C@@]1(c2ccccc2)C=C(C(=O)c2ccc(C)cc2)[C@H](c2ccc([N+](=O)[O-])cc2)N1. The number of ether oxygens (including phenoxy) is 1. The number of rotatable bonds is 6. The number of nitrogens with one attached hydrogen (secondary N) is 1. The molecule has 0 saturated carbocycles. The highest BCUT2D eigenvalue weighted by atomic mass is 16.6. The summed E-state index contributed by atoms with van der Waals surface area (Å²) in [6, 6.07) is 21.4. The summed E-state index contributed by atoms with van der Waals surface area (Å²) in [5.41, 5.74) is 1.65. The van der Waals surface area contributed by atoms with Gasteiger partial charge in [-0.25, -0.2) is 4.79 Å². The van der Waals surface area contributed by atoms with Gasteiger partial charge in [-0.3, -0.25) is 20.2 Å². The zero-order valence-corrected chi connectivity index (χ0v) is 18.1. The highest BCUT2D eigenvalue weighted by Crippen LogP contribution is 2.41. The lowest BCUT2D eigenvalue weighted by atomic mass is 9.89. The number of hydrogen-bond acceptors (Lipinski definition) is 6. The molecule has 0 spiro atoms. The first-order valence-corrected chi connectivity index (χ1v) is 10.4. The Morgan fingerprint density at radius 3 is 2.18 bits per heavy atom. The second-order valence-corrected chi connectivity index (χ2v) is 7.89. The number of nitro groups is 1. The Morgan fingerprint density at radius 1 is 0.970 bits per heavy atom. The Kier molecular flexibility index (Phi) is 5.89. The predicted octanol–water partition coefficient (Wildman–Crippen LogP) is 4.43. The molecule has 1 aliphatic heterocycles. The van der Waals surface area contributed by atoms with Crippen molar-refractivity contribution in [2.75, 3.05) is 7.11 Å². The molecule has 2 atom stereocenters. The van der Waals surface area contributed by atoms with Crippen LogP contribution in [0.1, 0.15) is 33.1 Å². The Bertz CT molecular complexity index is 1230. The average molecular weight is 442 g/mol. The monoisotopic (exact) mass is 442 g/mol. The molecule has 0 bridgehead atoms. The maximum atomic E-state index is 13.6. The molecule has 7 heteroatoms. The van der Waals surface area contributed by atoms with E-state index in [9.17, 15) is 19.7 Å². The van der Waals surface area contributed by atoms with E-state index >= 15 is 0 Å². The van der Waals surface area contributed by atoms with Crippen LogP contribution in [0.5, 0.6) is 0 Å². The van der Waals surface area contributed by atoms with E-state index in [2.05, 4.69) is 5.32 Å². The van der Waals surface area contributed by atoms with E-state index in [-0.39, 0.29) is 11.5 Å². The van der Waals surface area contributed by atoms with E-state index < -0.39 is 22.5 Å². The molecular formula is C26H22N2O5. The first kappa shape index (κ1) is 22.1. The van der Waals surface area contributed by atoms with Gasteiger partial charge in [0.25, 0.3) is 5.69 Å². The second-order valence-electron chi connectivity index (χ2n) is 7.89. The van der Waals surface area contributed by atoms with Gasteiger partial charge in [0.1, 0.15) is 0 Å². The van der Waals surface area contributed by atoms with Crippen molar-refractivity contribution in [3.63, 3.8) is 0 Å². The summed E-state index contributed by atoms with van der Waals surface area (Å²) in [7, 11) is 1.29. The van der Waals surface area contributed by atoms with Gasteiger partial charge in [0.2, 0.25) is 0 Å². The fourth-order valence-corrected chi connectivity index (χ4v) is 4.05. The summed E-state index contributed by atoms with van der Waals surface area (Å²) in [5.74, 6) is -0.806. The number of nitro benzene ring substituents is 1. The molecule has 0 amide bonds.